The summed E-state index contributed by atoms with van der Waals surface area (Å²) < 4.78 is 14.5. The third kappa shape index (κ3) is 2.11. The highest BCUT2D eigenvalue weighted by Crippen LogP contribution is 2.42. The van der Waals surface area contributed by atoms with Gasteiger partial charge in [-0.25, -0.2) is 4.39 Å². The molecule has 0 aliphatic heterocycles. The maximum Gasteiger partial charge on any atom is 0.255 e. The molecule has 2 aromatic heterocycles. The van der Waals surface area contributed by atoms with Crippen LogP contribution in [-0.2, 0) is 0 Å². The van der Waals surface area contributed by atoms with E-state index in [0.29, 0.717) is 0 Å². The molecule has 0 saturated carbocycles. The molecule has 102 valence electrons. The SMILES string of the molecule is Fc1cc(Cl)c(-c2c(Cl)nc3ncnn3c2Cl)c(Cl)c1. The minimum Gasteiger partial charge on any atom is -0.207 e. The number of aromatic nitrogens is 4. The van der Waals surface area contributed by atoms with Crippen molar-refractivity contribution in [1.82, 2.24) is 19.6 Å². The fourth-order valence-electron chi connectivity index (χ4n) is 1.77. The summed E-state index contributed by atoms with van der Waals surface area (Å²) in [6.45, 7) is 0. The van der Waals surface area contributed by atoms with Crippen molar-refractivity contribution in [1.29, 1.82) is 0 Å². The standard InChI is InChI=1S/C11H3Cl4FN4/c12-5-1-4(16)2-6(13)7(5)8-9(14)19-11-17-3-18-20(11)10(8)15/h1-3H. The summed E-state index contributed by atoms with van der Waals surface area (Å²) in [6.07, 6.45) is 1.28. The fraction of sp³-hybridized carbons (Fsp3) is 0. The summed E-state index contributed by atoms with van der Waals surface area (Å²) in [7, 11) is 0. The second-order valence-corrected chi connectivity index (χ2v) is 5.32. The Balaban J connectivity index is 2.40. The van der Waals surface area contributed by atoms with Crippen LogP contribution in [0, 0.1) is 5.82 Å². The number of hydrogen-bond donors (Lipinski definition) is 0. The normalized spacial score (nSPS) is 11.2. The molecule has 0 unspecified atom stereocenters. The van der Waals surface area contributed by atoms with E-state index in [1.54, 1.807) is 0 Å². The van der Waals surface area contributed by atoms with Gasteiger partial charge in [0.05, 0.1) is 15.6 Å². The van der Waals surface area contributed by atoms with E-state index in [1.807, 2.05) is 0 Å². The molecular weight excluding hydrogens is 349 g/mol. The summed E-state index contributed by atoms with van der Waals surface area (Å²) >= 11 is 24.4. The van der Waals surface area contributed by atoms with E-state index in [1.165, 1.54) is 10.8 Å². The molecule has 9 heteroatoms. The number of nitrogens with zero attached hydrogens (tertiary/aromatic N) is 4. The Kier molecular flexibility index (Phi) is 3.46. The predicted molar refractivity (Wildman–Crippen MR) is 76.2 cm³/mol. The van der Waals surface area contributed by atoms with Crippen LogP contribution in [0.4, 0.5) is 4.39 Å². The Morgan fingerprint density at radius 3 is 2.30 bits per heavy atom. The quantitative estimate of drug-likeness (QED) is 0.604. The zero-order chi connectivity index (χ0) is 14.4. The molecular formula is C11H3Cl4FN4. The molecule has 0 spiro atoms. The molecule has 3 aromatic rings. The molecule has 2 heterocycles. The van der Waals surface area contributed by atoms with Crippen LogP contribution in [0.5, 0.6) is 0 Å². The lowest BCUT2D eigenvalue weighted by Crippen LogP contribution is -1.98. The molecule has 20 heavy (non-hydrogen) atoms. The van der Waals surface area contributed by atoms with Crippen LogP contribution in [0.25, 0.3) is 16.9 Å². The highest BCUT2D eigenvalue weighted by Gasteiger charge is 2.21. The van der Waals surface area contributed by atoms with Gasteiger partial charge in [-0.15, -0.1) is 0 Å². The van der Waals surface area contributed by atoms with Crippen molar-refractivity contribution in [2.24, 2.45) is 0 Å². The monoisotopic (exact) mass is 350 g/mol. The van der Waals surface area contributed by atoms with E-state index in [4.69, 9.17) is 46.4 Å². The lowest BCUT2D eigenvalue weighted by Gasteiger charge is -2.11. The lowest BCUT2D eigenvalue weighted by atomic mass is 10.1. The number of rotatable bonds is 1. The fourth-order valence-corrected chi connectivity index (χ4v) is 3.03. The minimum atomic E-state index is -0.564. The number of halogens is 5. The molecule has 3 rings (SSSR count). The van der Waals surface area contributed by atoms with Gasteiger partial charge >= 0.3 is 0 Å². The van der Waals surface area contributed by atoms with Gasteiger partial charge in [-0.2, -0.15) is 19.6 Å². The molecule has 4 nitrogen and oxygen atoms in total. The van der Waals surface area contributed by atoms with E-state index >= 15 is 0 Å². The summed E-state index contributed by atoms with van der Waals surface area (Å²) in [5.74, 6) is -0.330. The maximum atomic E-state index is 13.3. The van der Waals surface area contributed by atoms with Crippen molar-refractivity contribution < 1.29 is 4.39 Å². The van der Waals surface area contributed by atoms with E-state index in [0.717, 1.165) is 12.1 Å². The van der Waals surface area contributed by atoms with Crippen LogP contribution in [0.3, 0.4) is 0 Å². The molecule has 0 radical (unpaired) electrons. The molecule has 0 amide bonds. The predicted octanol–water partition coefficient (Wildman–Crippen LogP) is 4.54. The second-order valence-electron chi connectivity index (χ2n) is 3.78. The number of fused-ring (bicyclic) bond motifs is 1. The average molecular weight is 352 g/mol. The van der Waals surface area contributed by atoms with Crippen LogP contribution >= 0.6 is 46.4 Å². The van der Waals surface area contributed by atoms with Gasteiger partial charge in [0.2, 0.25) is 0 Å². The molecule has 0 N–H and O–H groups in total. The van der Waals surface area contributed by atoms with Crippen molar-refractivity contribution in [3.8, 4) is 11.1 Å². The minimum absolute atomic E-state index is 0.0471. The zero-order valence-corrected chi connectivity index (χ0v) is 12.4. The third-order valence-electron chi connectivity index (χ3n) is 2.58. The van der Waals surface area contributed by atoms with Gasteiger partial charge in [0.1, 0.15) is 22.5 Å². The van der Waals surface area contributed by atoms with Crippen LogP contribution in [0.1, 0.15) is 0 Å². The lowest BCUT2D eigenvalue weighted by molar-refractivity contribution is 0.628. The maximum absolute atomic E-state index is 13.3. The van der Waals surface area contributed by atoms with E-state index in [9.17, 15) is 4.39 Å². The Labute approximate surface area is 132 Å². The first-order chi connectivity index (χ1) is 9.49. The summed E-state index contributed by atoms with van der Waals surface area (Å²) in [4.78, 5) is 7.92. The highest BCUT2D eigenvalue weighted by molar-refractivity contribution is 6.43. The third-order valence-corrected chi connectivity index (χ3v) is 3.80. The van der Waals surface area contributed by atoms with Gasteiger partial charge in [0.25, 0.3) is 5.78 Å². The first-order valence-electron chi connectivity index (χ1n) is 5.18. The van der Waals surface area contributed by atoms with Gasteiger partial charge in [0.15, 0.2) is 0 Å². The number of hydrogen-bond acceptors (Lipinski definition) is 3. The van der Waals surface area contributed by atoms with E-state index < -0.39 is 5.82 Å². The highest BCUT2D eigenvalue weighted by atomic mass is 35.5. The first kappa shape index (κ1) is 13.8. The molecule has 0 atom stereocenters. The van der Waals surface area contributed by atoms with Crippen molar-refractivity contribution in [3.63, 3.8) is 0 Å². The first-order valence-corrected chi connectivity index (χ1v) is 6.70. The number of benzene rings is 1. The van der Waals surface area contributed by atoms with Gasteiger partial charge < -0.3 is 0 Å². The molecule has 0 bridgehead atoms. The van der Waals surface area contributed by atoms with Crippen LogP contribution in [0.15, 0.2) is 18.5 Å². The zero-order valence-electron chi connectivity index (χ0n) is 9.41. The Bertz CT molecular complexity index is 810. The van der Waals surface area contributed by atoms with Crippen molar-refractivity contribution in [2.45, 2.75) is 0 Å². The average Bonchev–Trinajstić information content (AvgIpc) is 2.80. The Morgan fingerprint density at radius 2 is 1.65 bits per heavy atom. The Hall–Kier alpha value is -1.14. The molecule has 1 aromatic carbocycles. The summed E-state index contributed by atoms with van der Waals surface area (Å²) in [5, 5.41) is 4.23. The largest absolute Gasteiger partial charge is 0.255 e. The topological polar surface area (TPSA) is 43.1 Å². The van der Waals surface area contributed by atoms with Gasteiger partial charge in [0, 0.05) is 5.56 Å². The second kappa shape index (κ2) is 5.00. The smallest absolute Gasteiger partial charge is 0.207 e. The van der Waals surface area contributed by atoms with Gasteiger partial charge in [-0.3, -0.25) is 0 Å². The molecule has 0 saturated heterocycles. The molecule has 0 aliphatic rings. The van der Waals surface area contributed by atoms with E-state index in [2.05, 4.69) is 15.1 Å². The van der Waals surface area contributed by atoms with Crippen LogP contribution < -0.4 is 0 Å². The van der Waals surface area contributed by atoms with Crippen LogP contribution in [-0.4, -0.2) is 19.6 Å². The van der Waals surface area contributed by atoms with Crippen molar-refractivity contribution in [3.05, 3.63) is 44.6 Å². The van der Waals surface area contributed by atoms with Crippen LogP contribution in [0.2, 0.25) is 20.4 Å². The van der Waals surface area contributed by atoms with Crippen molar-refractivity contribution >= 4 is 52.2 Å². The molecule has 0 aliphatic carbocycles. The van der Waals surface area contributed by atoms with Crippen molar-refractivity contribution in [2.75, 3.05) is 0 Å². The van der Waals surface area contributed by atoms with Gasteiger partial charge in [-0.1, -0.05) is 46.4 Å². The van der Waals surface area contributed by atoms with E-state index in [-0.39, 0.29) is 37.3 Å². The summed E-state index contributed by atoms with van der Waals surface area (Å²) in [6, 6.07) is 2.22. The molecule has 0 fully saturated rings. The van der Waals surface area contributed by atoms with Gasteiger partial charge in [-0.05, 0) is 12.1 Å². The summed E-state index contributed by atoms with van der Waals surface area (Å²) in [5.41, 5.74) is 0.552. The Morgan fingerprint density at radius 1 is 1.00 bits per heavy atom.